The van der Waals surface area contributed by atoms with Gasteiger partial charge in [0.2, 0.25) is 0 Å². The molecule has 5 nitrogen and oxygen atoms in total. The predicted octanol–water partition coefficient (Wildman–Crippen LogP) is 2.52. The molecule has 1 aromatic heterocycles. The van der Waals surface area contributed by atoms with Gasteiger partial charge in [0.15, 0.2) is 5.69 Å². The maximum Gasteiger partial charge on any atom is 0.361 e. The van der Waals surface area contributed by atoms with E-state index in [-0.39, 0.29) is 23.6 Å². The van der Waals surface area contributed by atoms with Gasteiger partial charge in [0, 0.05) is 29.9 Å². The highest BCUT2D eigenvalue weighted by atomic mass is 16.6. The van der Waals surface area contributed by atoms with Gasteiger partial charge in [0.1, 0.15) is 11.9 Å². The van der Waals surface area contributed by atoms with Crippen LogP contribution in [0.25, 0.3) is 0 Å². The lowest BCUT2D eigenvalue weighted by Gasteiger charge is -2.53. The zero-order valence-electron chi connectivity index (χ0n) is 12.6. The Bertz CT molecular complexity index is 577. The number of nitrogens with zero attached hydrogens (tertiary/aromatic N) is 1. The topological polar surface area (TPSA) is 61.6 Å². The zero-order chi connectivity index (χ0) is 14.6. The van der Waals surface area contributed by atoms with Crippen molar-refractivity contribution < 1.29 is 18.8 Å². The molecule has 3 aliphatic rings. The molecule has 114 valence electrons. The van der Waals surface area contributed by atoms with E-state index in [0.29, 0.717) is 11.6 Å². The van der Waals surface area contributed by atoms with Crippen LogP contribution in [0.4, 0.5) is 0 Å². The maximum atomic E-state index is 12.5. The van der Waals surface area contributed by atoms with E-state index < -0.39 is 0 Å². The number of hydrogen-bond acceptors (Lipinski definition) is 5. The van der Waals surface area contributed by atoms with Crippen LogP contribution in [0.2, 0.25) is 0 Å². The summed E-state index contributed by atoms with van der Waals surface area (Å²) < 4.78 is 16.8. The quantitative estimate of drug-likeness (QED) is 0.784. The highest BCUT2D eigenvalue weighted by molar-refractivity contribution is 5.89. The molecule has 3 unspecified atom stereocenters. The Morgan fingerprint density at radius 1 is 1.33 bits per heavy atom. The molecule has 0 N–H and O–H groups in total. The molecule has 0 spiro atoms. The van der Waals surface area contributed by atoms with Crippen molar-refractivity contribution in [3.05, 3.63) is 17.0 Å². The van der Waals surface area contributed by atoms with E-state index in [4.69, 9.17) is 14.0 Å². The number of rotatable bonds is 2. The van der Waals surface area contributed by atoms with E-state index in [9.17, 15) is 4.79 Å². The Balaban J connectivity index is 1.53. The molecule has 1 aromatic rings. The summed E-state index contributed by atoms with van der Waals surface area (Å²) in [6.07, 6.45) is 5.06. The molecule has 2 aliphatic carbocycles. The summed E-state index contributed by atoms with van der Waals surface area (Å²) in [5.74, 6) is 0.875. The third-order valence-electron chi connectivity index (χ3n) is 5.37. The molecule has 0 radical (unpaired) electrons. The molecule has 0 amide bonds. The van der Waals surface area contributed by atoms with Crippen molar-refractivity contribution in [1.82, 2.24) is 5.16 Å². The summed E-state index contributed by atoms with van der Waals surface area (Å²) in [5.41, 5.74) is 1.24. The Morgan fingerprint density at radius 3 is 3.00 bits per heavy atom. The first-order chi connectivity index (χ1) is 10.1. The van der Waals surface area contributed by atoms with Crippen LogP contribution in [0.1, 0.15) is 54.9 Å². The van der Waals surface area contributed by atoms with Gasteiger partial charge < -0.3 is 14.0 Å². The largest absolute Gasteiger partial charge is 0.456 e. The maximum absolute atomic E-state index is 12.5. The van der Waals surface area contributed by atoms with Crippen molar-refractivity contribution in [3.8, 4) is 0 Å². The standard InChI is InChI=1S/C16H21NO4/c1-16(2)13-10(7-8-19-13)14(16)20-15(18)12-9-5-3-4-6-11(9)21-17-12/h10,13-14H,3-8H2,1-2H3. The van der Waals surface area contributed by atoms with Crippen molar-refractivity contribution in [3.63, 3.8) is 0 Å². The summed E-state index contributed by atoms with van der Waals surface area (Å²) in [7, 11) is 0. The fourth-order valence-electron chi connectivity index (χ4n) is 4.23. The lowest BCUT2D eigenvalue weighted by molar-refractivity contribution is -0.183. The summed E-state index contributed by atoms with van der Waals surface area (Å²) in [6.45, 7) is 4.98. The molecule has 2 fully saturated rings. The van der Waals surface area contributed by atoms with Gasteiger partial charge in [-0.3, -0.25) is 0 Å². The molecule has 0 aromatic carbocycles. The number of esters is 1. The lowest BCUT2D eigenvalue weighted by Crippen LogP contribution is -2.61. The molecule has 2 heterocycles. The van der Waals surface area contributed by atoms with Crippen LogP contribution in [-0.2, 0) is 22.3 Å². The first-order valence-electron chi connectivity index (χ1n) is 7.89. The van der Waals surface area contributed by atoms with E-state index in [2.05, 4.69) is 19.0 Å². The number of aryl methyl sites for hydroxylation is 1. The number of fused-ring (bicyclic) bond motifs is 2. The summed E-state index contributed by atoms with van der Waals surface area (Å²) in [4.78, 5) is 12.5. The van der Waals surface area contributed by atoms with Crippen molar-refractivity contribution in [2.24, 2.45) is 11.3 Å². The average molecular weight is 291 g/mol. The van der Waals surface area contributed by atoms with Crippen molar-refractivity contribution >= 4 is 5.97 Å². The van der Waals surface area contributed by atoms with E-state index >= 15 is 0 Å². The van der Waals surface area contributed by atoms with Crippen molar-refractivity contribution in [2.45, 2.75) is 58.2 Å². The van der Waals surface area contributed by atoms with Gasteiger partial charge in [-0.15, -0.1) is 0 Å². The number of carbonyl (C=O) groups is 1. The third kappa shape index (κ3) is 1.86. The molecule has 21 heavy (non-hydrogen) atoms. The minimum Gasteiger partial charge on any atom is -0.456 e. The van der Waals surface area contributed by atoms with Gasteiger partial charge in [-0.05, 0) is 25.7 Å². The zero-order valence-corrected chi connectivity index (χ0v) is 12.6. The van der Waals surface area contributed by atoms with Crippen molar-refractivity contribution in [2.75, 3.05) is 6.61 Å². The third-order valence-corrected chi connectivity index (χ3v) is 5.37. The fraction of sp³-hybridized carbons (Fsp3) is 0.750. The Hall–Kier alpha value is -1.36. The summed E-state index contributed by atoms with van der Waals surface area (Å²) >= 11 is 0. The van der Waals surface area contributed by atoms with E-state index in [1.807, 2.05) is 0 Å². The lowest BCUT2D eigenvalue weighted by atomic mass is 9.59. The van der Waals surface area contributed by atoms with Crippen molar-refractivity contribution in [1.29, 1.82) is 0 Å². The van der Waals surface area contributed by atoms with Crippen LogP contribution in [0.15, 0.2) is 4.52 Å². The van der Waals surface area contributed by atoms with Crippen LogP contribution in [0.3, 0.4) is 0 Å². The first-order valence-corrected chi connectivity index (χ1v) is 7.89. The highest BCUT2D eigenvalue weighted by Crippen LogP contribution is 2.53. The van der Waals surface area contributed by atoms with Crippen LogP contribution < -0.4 is 0 Å². The van der Waals surface area contributed by atoms with Crippen LogP contribution >= 0.6 is 0 Å². The molecule has 1 saturated carbocycles. The van der Waals surface area contributed by atoms with Crippen LogP contribution in [0.5, 0.6) is 0 Å². The van der Waals surface area contributed by atoms with Gasteiger partial charge in [-0.1, -0.05) is 19.0 Å². The molecule has 4 rings (SSSR count). The second-order valence-corrected chi connectivity index (χ2v) is 7.03. The van der Waals surface area contributed by atoms with Gasteiger partial charge in [0.25, 0.3) is 0 Å². The van der Waals surface area contributed by atoms with E-state index in [0.717, 1.165) is 50.0 Å². The number of aromatic nitrogens is 1. The summed E-state index contributed by atoms with van der Waals surface area (Å²) in [6, 6.07) is 0. The normalized spacial score (nSPS) is 33.0. The monoisotopic (exact) mass is 291 g/mol. The fourth-order valence-corrected chi connectivity index (χ4v) is 4.23. The minimum atomic E-state index is -0.328. The molecular formula is C16H21NO4. The molecular weight excluding hydrogens is 270 g/mol. The Kier molecular flexibility index (Phi) is 2.89. The minimum absolute atomic E-state index is 0.0755. The number of carbonyl (C=O) groups excluding carboxylic acids is 1. The second kappa shape index (κ2) is 4.57. The molecule has 1 aliphatic heterocycles. The van der Waals surface area contributed by atoms with E-state index in [1.165, 1.54) is 0 Å². The Morgan fingerprint density at radius 2 is 2.14 bits per heavy atom. The van der Waals surface area contributed by atoms with E-state index in [1.54, 1.807) is 0 Å². The van der Waals surface area contributed by atoms with Gasteiger partial charge in [-0.2, -0.15) is 0 Å². The number of hydrogen-bond donors (Lipinski definition) is 0. The molecule has 5 heteroatoms. The average Bonchev–Trinajstić information content (AvgIpc) is 3.10. The number of ether oxygens (including phenoxy) is 2. The van der Waals surface area contributed by atoms with Crippen LogP contribution in [-0.4, -0.2) is 29.9 Å². The smallest absolute Gasteiger partial charge is 0.361 e. The first kappa shape index (κ1) is 13.3. The second-order valence-electron chi connectivity index (χ2n) is 7.03. The molecule has 3 atom stereocenters. The summed E-state index contributed by atoms with van der Waals surface area (Å²) in [5, 5.41) is 3.96. The van der Waals surface area contributed by atoms with Gasteiger partial charge >= 0.3 is 5.97 Å². The van der Waals surface area contributed by atoms with Crippen LogP contribution in [0, 0.1) is 11.3 Å². The SMILES string of the molecule is CC1(C)C2OCCC2C1OC(=O)c1noc2c1CCCC2. The molecule has 0 bridgehead atoms. The predicted molar refractivity (Wildman–Crippen MR) is 74.0 cm³/mol. The van der Waals surface area contributed by atoms with Gasteiger partial charge in [0.05, 0.1) is 6.10 Å². The van der Waals surface area contributed by atoms with Gasteiger partial charge in [-0.25, -0.2) is 4.79 Å². The highest BCUT2D eigenvalue weighted by Gasteiger charge is 2.61. The Labute approximate surface area is 124 Å². The molecule has 1 saturated heterocycles.